The van der Waals surface area contributed by atoms with Gasteiger partial charge in [-0.05, 0) is 25.7 Å². The van der Waals surface area contributed by atoms with E-state index in [2.05, 4.69) is 15.5 Å². The maximum Gasteiger partial charge on any atom is 0.229 e. The Morgan fingerprint density at radius 1 is 1.47 bits per heavy atom. The maximum atomic E-state index is 12.0. The molecule has 1 aromatic carbocycles. The molecule has 0 fully saturated rings. The lowest BCUT2D eigenvalue weighted by Gasteiger charge is -2.13. The third-order valence-corrected chi connectivity index (χ3v) is 3.01. The van der Waals surface area contributed by atoms with E-state index in [4.69, 9.17) is 0 Å². The van der Waals surface area contributed by atoms with Crippen molar-refractivity contribution in [1.82, 2.24) is 10.2 Å². The van der Waals surface area contributed by atoms with Gasteiger partial charge in [0.1, 0.15) is 0 Å². The highest BCUT2D eigenvalue weighted by atomic mass is 16.1. The molecular weight excluding hydrogens is 214 g/mol. The first-order valence-electron chi connectivity index (χ1n) is 5.93. The lowest BCUT2D eigenvalue weighted by molar-refractivity contribution is -0.122. The molecule has 4 heteroatoms. The lowest BCUT2D eigenvalue weighted by atomic mass is 10.0. The monoisotopic (exact) mass is 233 g/mol. The second-order valence-electron chi connectivity index (χ2n) is 4.62. The van der Waals surface area contributed by atoms with Crippen LogP contribution in [-0.4, -0.2) is 44.5 Å². The minimum absolute atomic E-state index is 0.0478. The number of amides is 1. The second kappa shape index (κ2) is 5.19. The fourth-order valence-corrected chi connectivity index (χ4v) is 2.04. The lowest BCUT2D eigenvalue weighted by Crippen LogP contribution is -2.35. The van der Waals surface area contributed by atoms with E-state index in [9.17, 15) is 4.79 Å². The molecule has 1 atom stereocenters. The number of benzene rings is 1. The molecule has 1 aliphatic rings. The third-order valence-electron chi connectivity index (χ3n) is 3.01. The summed E-state index contributed by atoms with van der Waals surface area (Å²) in [7, 11) is 4.00. The zero-order chi connectivity index (χ0) is 12.3. The molecular formula is C13H19N3O. The van der Waals surface area contributed by atoms with Crippen molar-refractivity contribution in [1.29, 1.82) is 0 Å². The van der Waals surface area contributed by atoms with E-state index in [0.717, 1.165) is 17.8 Å². The van der Waals surface area contributed by atoms with E-state index in [0.29, 0.717) is 13.1 Å². The number of fused-ring (bicyclic) bond motifs is 1. The van der Waals surface area contributed by atoms with Gasteiger partial charge < -0.3 is 15.5 Å². The number of carbonyl (C=O) groups excluding carboxylic acids is 1. The molecule has 2 rings (SSSR count). The molecule has 0 saturated heterocycles. The Morgan fingerprint density at radius 2 is 2.24 bits per heavy atom. The van der Waals surface area contributed by atoms with Crippen molar-refractivity contribution >= 4 is 11.6 Å². The summed E-state index contributed by atoms with van der Waals surface area (Å²) < 4.78 is 0. The van der Waals surface area contributed by atoms with Crippen molar-refractivity contribution in [2.24, 2.45) is 0 Å². The summed E-state index contributed by atoms with van der Waals surface area (Å²) in [6.45, 7) is 2.27. The smallest absolute Gasteiger partial charge is 0.229 e. The highest BCUT2D eigenvalue weighted by molar-refractivity contribution is 5.88. The number of hydrogen-bond acceptors (Lipinski definition) is 3. The number of rotatable bonds is 4. The summed E-state index contributed by atoms with van der Waals surface area (Å²) >= 11 is 0. The molecule has 0 bridgehead atoms. The first-order chi connectivity index (χ1) is 8.18. The summed E-state index contributed by atoms with van der Waals surface area (Å²) in [5.74, 6) is 0.0673. The quantitative estimate of drug-likeness (QED) is 0.811. The van der Waals surface area contributed by atoms with Crippen LogP contribution < -0.4 is 10.6 Å². The predicted molar refractivity (Wildman–Crippen MR) is 69.2 cm³/mol. The van der Waals surface area contributed by atoms with Crippen LogP contribution in [-0.2, 0) is 4.79 Å². The van der Waals surface area contributed by atoms with Crippen molar-refractivity contribution in [2.75, 3.05) is 39.0 Å². The summed E-state index contributed by atoms with van der Waals surface area (Å²) in [6.07, 6.45) is 0. The summed E-state index contributed by atoms with van der Waals surface area (Å²) in [5, 5.41) is 6.24. The van der Waals surface area contributed by atoms with Gasteiger partial charge in [-0.1, -0.05) is 18.2 Å². The Hall–Kier alpha value is -1.55. The van der Waals surface area contributed by atoms with Gasteiger partial charge in [-0.2, -0.15) is 0 Å². The van der Waals surface area contributed by atoms with Gasteiger partial charge in [-0.15, -0.1) is 0 Å². The van der Waals surface area contributed by atoms with Crippen LogP contribution in [0.3, 0.4) is 0 Å². The van der Waals surface area contributed by atoms with Crippen LogP contribution in [0.5, 0.6) is 0 Å². The maximum absolute atomic E-state index is 12.0. The van der Waals surface area contributed by atoms with Crippen LogP contribution in [0.2, 0.25) is 0 Å². The zero-order valence-corrected chi connectivity index (χ0v) is 10.4. The zero-order valence-electron chi connectivity index (χ0n) is 10.4. The summed E-state index contributed by atoms with van der Waals surface area (Å²) in [4.78, 5) is 14.1. The van der Waals surface area contributed by atoms with Gasteiger partial charge in [0.2, 0.25) is 5.91 Å². The number of likely N-dealkylation sites (N-methyl/N-ethyl adjacent to an activating group) is 1. The average Bonchev–Trinajstić information content (AvgIpc) is 2.72. The molecule has 0 aromatic heterocycles. The topological polar surface area (TPSA) is 44.4 Å². The number of nitrogens with one attached hydrogen (secondary N) is 2. The molecule has 17 heavy (non-hydrogen) atoms. The number of hydrogen-bond donors (Lipinski definition) is 2. The van der Waals surface area contributed by atoms with Crippen molar-refractivity contribution in [2.45, 2.75) is 5.92 Å². The Morgan fingerprint density at radius 3 is 3.00 bits per heavy atom. The number of anilines is 1. The molecule has 0 radical (unpaired) electrons. The highest BCUT2D eigenvalue weighted by Crippen LogP contribution is 2.30. The van der Waals surface area contributed by atoms with E-state index in [-0.39, 0.29) is 11.8 Å². The van der Waals surface area contributed by atoms with Gasteiger partial charge in [-0.25, -0.2) is 0 Å². The molecule has 0 aliphatic carbocycles. The third kappa shape index (κ3) is 2.77. The fourth-order valence-electron chi connectivity index (χ4n) is 2.04. The van der Waals surface area contributed by atoms with Gasteiger partial charge in [-0.3, -0.25) is 4.79 Å². The minimum Gasteiger partial charge on any atom is -0.384 e. The van der Waals surface area contributed by atoms with Gasteiger partial charge in [0.05, 0.1) is 5.92 Å². The Kier molecular flexibility index (Phi) is 3.64. The van der Waals surface area contributed by atoms with Gasteiger partial charge in [0.15, 0.2) is 0 Å². The standard InChI is InChI=1S/C13H19N3O/c1-16(2)8-7-14-13(17)11-9-15-12-6-4-3-5-10(11)12/h3-6,11,15H,7-9H2,1-2H3,(H,14,17). The minimum atomic E-state index is -0.0478. The molecule has 4 nitrogen and oxygen atoms in total. The normalized spacial score (nSPS) is 17.7. The molecule has 0 spiro atoms. The fraction of sp³-hybridized carbons (Fsp3) is 0.462. The number of nitrogens with zero attached hydrogens (tertiary/aromatic N) is 1. The van der Waals surface area contributed by atoms with Gasteiger partial charge >= 0.3 is 0 Å². The largest absolute Gasteiger partial charge is 0.384 e. The Balaban J connectivity index is 1.93. The summed E-state index contributed by atoms with van der Waals surface area (Å²) in [6, 6.07) is 8.00. The number of para-hydroxylation sites is 1. The van der Waals surface area contributed by atoms with Crippen LogP contribution >= 0.6 is 0 Å². The van der Waals surface area contributed by atoms with Gasteiger partial charge in [0.25, 0.3) is 0 Å². The van der Waals surface area contributed by atoms with E-state index >= 15 is 0 Å². The molecule has 1 aliphatic heterocycles. The highest BCUT2D eigenvalue weighted by Gasteiger charge is 2.27. The molecule has 0 saturated carbocycles. The van der Waals surface area contributed by atoms with E-state index in [1.165, 1.54) is 0 Å². The van der Waals surface area contributed by atoms with E-state index in [1.54, 1.807) is 0 Å². The van der Waals surface area contributed by atoms with Gasteiger partial charge in [0, 0.05) is 25.3 Å². The van der Waals surface area contributed by atoms with Crippen LogP contribution in [0, 0.1) is 0 Å². The van der Waals surface area contributed by atoms with Crippen molar-refractivity contribution < 1.29 is 4.79 Å². The van der Waals surface area contributed by atoms with Crippen LogP contribution in [0.1, 0.15) is 11.5 Å². The SMILES string of the molecule is CN(C)CCNC(=O)C1CNc2ccccc21. The molecule has 1 unspecified atom stereocenters. The Labute approximate surface area is 102 Å². The van der Waals surface area contributed by atoms with E-state index in [1.807, 2.05) is 38.4 Å². The number of carbonyl (C=O) groups is 1. The average molecular weight is 233 g/mol. The first kappa shape index (κ1) is 11.9. The predicted octanol–water partition coefficient (Wildman–Crippen LogP) is 0.873. The van der Waals surface area contributed by atoms with Crippen molar-refractivity contribution in [3.8, 4) is 0 Å². The summed E-state index contributed by atoms with van der Waals surface area (Å²) in [5.41, 5.74) is 2.19. The second-order valence-corrected chi connectivity index (χ2v) is 4.62. The van der Waals surface area contributed by atoms with Crippen LogP contribution in [0.25, 0.3) is 0 Å². The van der Waals surface area contributed by atoms with Crippen molar-refractivity contribution in [3.63, 3.8) is 0 Å². The van der Waals surface area contributed by atoms with Crippen molar-refractivity contribution in [3.05, 3.63) is 29.8 Å². The Bertz CT molecular complexity index is 403. The molecule has 1 aromatic rings. The molecule has 2 N–H and O–H groups in total. The molecule has 92 valence electrons. The van der Waals surface area contributed by atoms with E-state index < -0.39 is 0 Å². The first-order valence-corrected chi connectivity index (χ1v) is 5.93. The van der Waals surface area contributed by atoms with Crippen LogP contribution in [0.4, 0.5) is 5.69 Å². The molecule has 1 heterocycles. The molecule has 1 amide bonds. The van der Waals surface area contributed by atoms with Crippen LogP contribution in [0.15, 0.2) is 24.3 Å².